The molecule has 1 atom stereocenters. The zero-order valence-electron chi connectivity index (χ0n) is 18.9. The van der Waals surface area contributed by atoms with Crippen molar-refractivity contribution in [1.29, 1.82) is 0 Å². The van der Waals surface area contributed by atoms with Gasteiger partial charge in [0.15, 0.2) is 0 Å². The molecule has 3 N–H and O–H groups in total. The predicted molar refractivity (Wildman–Crippen MR) is 128 cm³/mol. The Morgan fingerprint density at radius 3 is 2.73 bits per heavy atom. The largest absolute Gasteiger partial charge is 0.354 e. The zero-order valence-corrected chi connectivity index (χ0v) is 19.7. The summed E-state index contributed by atoms with van der Waals surface area (Å²) in [4.78, 5) is 31.8. The van der Waals surface area contributed by atoms with Crippen LogP contribution in [0.5, 0.6) is 0 Å². The number of hydrogen-bond donors (Lipinski definition) is 3. The van der Waals surface area contributed by atoms with Crippen LogP contribution in [-0.2, 0) is 17.8 Å². The van der Waals surface area contributed by atoms with Crippen LogP contribution in [0.15, 0.2) is 36.8 Å². The van der Waals surface area contributed by atoms with Gasteiger partial charge in [0.1, 0.15) is 6.04 Å². The summed E-state index contributed by atoms with van der Waals surface area (Å²) in [6.07, 6.45) is 9.90. The highest BCUT2D eigenvalue weighted by atomic mass is 35.5. The van der Waals surface area contributed by atoms with E-state index in [0.29, 0.717) is 44.2 Å². The van der Waals surface area contributed by atoms with Crippen LogP contribution < -0.4 is 16.0 Å². The van der Waals surface area contributed by atoms with Gasteiger partial charge in [0.25, 0.3) is 0 Å². The van der Waals surface area contributed by atoms with Crippen molar-refractivity contribution in [1.82, 2.24) is 30.4 Å². The van der Waals surface area contributed by atoms with Gasteiger partial charge in [-0.1, -0.05) is 43.0 Å². The second kappa shape index (κ2) is 11.5. The van der Waals surface area contributed by atoms with Crippen LogP contribution in [0.3, 0.4) is 0 Å². The van der Waals surface area contributed by atoms with Crippen LogP contribution in [0.1, 0.15) is 43.4 Å². The third-order valence-corrected chi connectivity index (χ3v) is 6.74. The maximum atomic E-state index is 12.9. The van der Waals surface area contributed by atoms with E-state index < -0.39 is 6.04 Å². The Morgan fingerprint density at radius 1 is 1.15 bits per heavy atom. The maximum absolute atomic E-state index is 12.9. The van der Waals surface area contributed by atoms with E-state index in [0.717, 1.165) is 36.9 Å². The Balaban J connectivity index is 1.28. The van der Waals surface area contributed by atoms with Gasteiger partial charge in [-0.25, -0.2) is 9.78 Å². The minimum Gasteiger partial charge on any atom is -0.354 e. The number of urea groups is 1. The van der Waals surface area contributed by atoms with Crippen molar-refractivity contribution in [2.45, 2.75) is 57.2 Å². The number of aromatic nitrogens is 2. The van der Waals surface area contributed by atoms with Crippen LogP contribution in [0.4, 0.5) is 4.79 Å². The number of amides is 3. The highest BCUT2D eigenvalue weighted by molar-refractivity contribution is 6.30. The molecule has 0 unspecified atom stereocenters. The van der Waals surface area contributed by atoms with Gasteiger partial charge in [-0.3, -0.25) is 4.79 Å². The summed E-state index contributed by atoms with van der Waals surface area (Å²) in [6.45, 7) is 2.89. The number of carbonyl (C=O) groups excluding carboxylic acids is 2. The monoisotopic (exact) mass is 472 g/mol. The highest BCUT2D eigenvalue weighted by Gasteiger charge is 2.33. The average Bonchev–Trinajstić information content (AvgIpc) is 3.28. The molecule has 1 aromatic heterocycles. The average molecular weight is 473 g/mol. The van der Waals surface area contributed by atoms with E-state index >= 15 is 0 Å². The van der Waals surface area contributed by atoms with Gasteiger partial charge in [0.05, 0.1) is 6.33 Å². The van der Waals surface area contributed by atoms with E-state index in [1.54, 1.807) is 11.2 Å². The number of imidazole rings is 1. The lowest BCUT2D eigenvalue weighted by Crippen LogP contribution is -2.62. The van der Waals surface area contributed by atoms with Crippen molar-refractivity contribution >= 4 is 23.5 Å². The first-order chi connectivity index (χ1) is 16.1. The van der Waals surface area contributed by atoms with E-state index in [9.17, 15) is 9.59 Å². The molecule has 33 heavy (non-hydrogen) atoms. The highest BCUT2D eigenvalue weighted by Crippen LogP contribution is 2.18. The van der Waals surface area contributed by atoms with E-state index in [1.807, 2.05) is 30.5 Å². The quantitative estimate of drug-likeness (QED) is 0.577. The molecule has 2 fully saturated rings. The molecule has 2 aliphatic rings. The Kier molecular flexibility index (Phi) is 8.23. The molecule has 1 saturated heterocycles. The lowest BCUT2D eigenvalue weighted by atomic mass is 9.96. The molecule has 1 aliphatic carbocycles. The number of hydrogen-bond acceptors (Lipinski definition) is 4. The van der Waals surface area contributed by atoms with Crippen LogP contribution in [0.2, 0.25) is 5.02 Å². The second-order valence-electron chi connectivity index (χ2n) is 8.88. The lowest BCUT2D eigenvalue weighted by molar-refractivity contribution is -0.125. The number of nitrogens with one attached hydrogen (secondary N) is 3. The van der Waals surface area contributed by atoms with Gasteiger partial charge in [-0.2, -0.15) is 0 Å². The predicted octanol–water partition coefficient (Wildman–Crippen LogP) is 2.56. The van der Waals surface area contributed by atoms with Gasteiger partial charge in [0.2, 0.25) is 5.91 Å². The summed E-state index contributed by atoms with van der Waals surface area (Å²) in [6, 6.07) is 7.36. The van der Waals surface area contributed by atoms with Crippen molar-refractivity contribution in [3.05, 3.63) is 53.1 Å². The molecule has 3 amide bonds. The molecule has 8 nitrogen and oxygen atoms in total. The van der Waals surface area contributed by atoms with Gasteiger partial charge >= 0.3 is 6.03 Å². The minimum atomic E-state index is -0.499. The van der Waals surface area contributed by atoms with Crippen molar-refractivity contribution in [2.75, 3.05) is 26.2 Å². The lowest BCUT2D eigenvalue weighted by Gasteiger charge is -2.36. The molecule has 4 rings (SSSR count). The number of nitrogens with zero attached hydrogens (tertiary/aromatic N) is 3. The summed E-state index contributed by atoms with van der Waals surface area (Å²) in [5, 5.41) is 10.1. The summed E-state index contributed by atoms with van der Waals surface area (Å²) in [5.41, 5.74) is 2.18. The van der Waals surface area contributed by atoms with E-state index in [2.05, 4.69) is 25.5 Å². The van der Waals surface area contributed by atoms with Crippen molar-refractivity contribution in [2.24, 2.45) is 0 Å². The number of carbonyl (C=O) groups is 2. The Labute approximate surface area is 200 Å². The van der Waals surface area contributed by atoms with E-state index in [-0.39, 0.29) is 18.0 Å². The SMILES string of the molecule is O=C(NCCc1cncn1Cc1ccc(Cl)cc1)[C@H]1CNCCN1C(=O)NC1CCCCC1. The molecule has 2 heterocycles. The molecule has 0 radical (unpaired) electrons. The fourth-order valence-corrected chi connectivity index (χ4v) is 4.73. The maximum Gasteiger partial charge on any atom is 0.318 e. The van der Waals surface area contributed by atoms with Crippen LogP contribution >= 0.6 is 11.6 Å². The zero-order chi connectivity index (χ0) is 23.0. The van der Waals surface area contributed by atoms with E-state index in [1.165, 1.54) is 6.42 Å². The second-order valence-corrected chi connectivity index (χ2v) is 9.31. The third kappa shape index (κ3) is 6.48. The molecule has 1 aromatic carbocycles. The summed E-state index contributed by atoms with van der Waals surface area (Å²) in [5.74, 6) is -0.121. The fourth-order valence-electron chi connectivity index (χ4n) is 4.60. The minimum absolute atomic E-state index is 0.121. The normalized spacial score (nSPS) is 19.3. The Morgan fingerprint density at radius 2 is 1.94 bits per heavy atom. The van der Waals surface area contributed by atoms with Crippen LogP contribution in [0, 0.1) is 0 Å². The Bertz CT molecular complexity index is 925. The standard InChI is InChI=1S/C24H33ClN6O2/c25-19-8-6-18(7-9-19)16-30-17-27-14-21(30)10-11-28-23(32)22-15-26-12-13-31(22)24(33)29-20-4-2-1-3-5-20/h6-9,14,17,20,22,26H,1-5,10-13,15-16H2,(H,28,32)(H,29,33)/t22-/m1/s1. The number of piperazine rings is 1. The van der Waals surface area contributed by atoms with Gasteiger partial charge in [-0.05, 0) is 30.5 Å². The summed E-state index contributed by atoms with van der Waals surface area (Å²) in [7, 11) is 0. The molecule has 1 aliphatic heterocycles. The van der Waals surface area contributed by atoms with Gasteiger partial charge in [-0.15, -0.1) is 0 Å². The summed E-state index contributed by atoms with van der Waals surface area (Å²) < 4.78 is 2.07. The molecular weight excluding hydrogens is 440 g/mol. The van der Waals surface area contributed by atoms with Crippen molar-refractivity contribution in [3.63, 3.8) is 0 Å². The summed E-state index contributed by atoms with van der Waals surface area (Å²) >= 11 is 5.97. The van der Waals surface area contributed by atoms with Gasteiger partial charge < -0.3 is 25.4 Å². The number of halogens is 1. The first kappa shape index (κ1) is 23.6. The molecule has 178 valence electrons. The molecule has 2 aromatic rings. The van der Waals surface area contributed by atoms with E-state index in [4.69, 9.17) is 11.6 Å². The van der Waals surface area contributed by atoms with Crippen LogP contribution in [0.25, 0.3) is 0 Å². The number of rotatable bonds is 7. The first-order valence-corrected chi connectivity index (χ1v) is 12.3. The number of benzene rings is 1. The molecule has 9 heteroatoms. The Hall–Kier alpha value is -2.58. The molecule has 0 spiro atoms. The molecule has 0 bridgehead atoms. The van der Waals surface area contributed by atoms with Crippen LogP contribution in [-0.4, -0.2) is 64.7 Å². The fraction of sp³-hybridized carbons (Fsp3) is 0.542. The molecular formula is C24H33ClN6O2. The van der Waals surface area contributed by atoms with Crippen molar-refractivity contribution in [3.8, 4) is 0 Å². The molecule has 1 saturated carbocycles. The van der Waals surface area contributed by atoms with Crippen molar-refractivity contribution < 1.29 is 9.59 Å². The van der Waals surface area contributed by atoms with Gasteiger partial charge in [0, 0.05) is 62.1 Å². The first-order valence-electron chi connectivity index (χ1n) is 11.9. The topological polar surface area (TPSA) is 91.3 Å². The smallest absolute Gasteiger partial charge is 0.318 e. The third-order valence-electron chi connectivity index (χ3n) is 6.48.